The summed E-state index contributed by atoms with van der Waals surface area (Å²) < 4.78 is 33.8. The SMILES string of the molecule is [C-]#[N+]/C(C#N)=C1/Sc2c(OC(=O)C3CCC(C4CCC(C(=O)OCCCCOC(=O)C=C)CC4)CC3)ccc(OC(=O)C3CCC(C4CCC(C(=O)OCCCOCC(=O)C=C)CC4)CC3)c2S1. The van der Waals surface area contributed by atoms with Gasteiger partial charge in [0.1, 0.15) is 18.1 Å². The molecule has 0 saturated heterocycles. The van der Waals surface area contributed by atoms with Gasteiger partial charge in [0.15, 0.2) is 5.78 Å². The molecule has 0 atom stereocenters. The number of carbonyl (C=O) groups is 6. The zero-order chi connectivity index (χ0) is 48.4. The van der Waals surface area contributed by atoms with Crippen LogP contribution in [0.25, 0.3) is 4.85 Å². The second-order valence-corrected chi connectivity index (χ2v) is 20.9. The van der Waals surface area contributed by atoms with Crippen molar-refractivity contribution in [2.75, 3.05) is 33.0 Å². The van der Waals surface area contributed by atoms with E-state index in [0.717, 1.165) is 83.1 Å². The Hall–Kier alpha value is -4.90. The summed E-state index contributed by atoms with van der Waals surface area (Å²) in [5.41, 5.74) is -0.0831. The molecule has 1 aromatic rings. The first-order valence-electron chi connectivity index (χ1n) is 24.3. The number of thioether (sulfide) groups is 2. The van der Waals surface area contributed by atoms with Crippen LogP contribution in [0.3, 0.4) is 0 Å². The smallest absolute Gasteiger partial charge is 0.330 e. The molecule has 4 aliphatic carbocycles. The molecule has 6 rings (SSSR count). The van der Waals surface area contributed by atoms with Gasteiger partial charge in [-0.05, 0) is 157 Å². The van der Waals surface area contributed by atoms with Gasteiger partial charge < -0.3 is 28.4 Å². The largest absolute Gasteiger partial charge is 0.465 e. The minimum absolute atomic E-state index is 0.0193. The average molecular weight is 973 g/mol. The quantitative estimate of drug-likeness (QED) is 0.0215. The fourth-order valence-corrected chi connectivity index (χ4v) is 12.9. The summed E-state index contributed by atoms with van der Waals surface area (Å²) in [6.07, 6.45) is 17.5. The van der Waals surface area contributed by atoms with Crippen LogP contribution in [0.4, 0.5) is 0 Å². The standard InChI is InChI=1S/C52H64N2O12S2/c1-4-41(55)32-61-27-8-30-64-49(58)38-19-11-34(12-20-38)36-15-23-40(24-16-36)51(60)66-44-26-25-43(46-47(44)68-52(67-46)42(31-53)54-3)65-50(59)39-21-13-35(14-22-39)33-9-17-37(18-10-33)48(57)63-29-7-6-28-62-45(56)5-2/h4-5,25-26,33-40H,1-2,6-24,27-30,32H2/b52-42-. The van der Waals surface area contributed by atoms with Crippen molar-refractivity contribution in [2.24, 2.45) is 47.3 Å². The van der Waals surface area contributed by atoms with Gasteiger partial charge in [-0.3, -0.25) is 24.0 Å². The molecule has 0 unspecified atom stereocenters. The maximum absolute atomic E-state index is 13.7. The van der Waals surface area contributed by atoms with Gasteiger partial charge in [0, 0.05) is 12.5 Å². The van der Waals surface area contributed by atoms with Crippen LogP contribution in [-0.2, 0) is 47.7 Å². The van der Waals surface area contributed by atoms with Crippen LogP contribution in [0.5, 0.6) is 11.5 Å². The number of hydrogen-bond acceptors (Lipinski definition) is 15. The fraction of sp³-hybridized carbons (Fsp3) is 0.615. The summed E-state index contributed by atoms with van der Waals surface area (Å²) in [5, 5.41) is 9.70. The van der Waals surface area contributed by atoms with Crippen LogP contribution in [0, 0.1) is 65.2 Å². The van der Waals surface area contributed by atoms with E-state index in [1.165, 1.54) is 29.6 Å². The molecule has 1 heterocycles. The number of fused-ring (bicyclic) bond motifs is 1. The van der Waals surface area contributed by atoms with E-state index in [1.807, 2.05) is 6.07 Å². The minimum Gasteiger partial charge on any atom is -0.465 e. The molecule has 0 aromatic heterocycles. The Bertz CT molecular complexity index is 1970. The highest BCUT2D eigenvalue weighted by molar-refractivity contribution is 8.24. The Labute approximate surface area is 408 Å². The molecule has 0 radical (unpaired) electrons. The second-order valence-electron chi connectivity index (χ2n) is 18.6. The van der Waals surface area contributed by atoms with E-state index in [-0.39, 0.29) is 78.8 Å². The predicted octanol–water partition coefficient (Wildman–Crippen LogP) is 10.3. The molecular weight excluding hydrogens is 909 g/mol. The van der Waals surface area contributed by atoms with Crippen LogP contribution in [0.15, 0.2) is 57.2 Å². The van der Waals surface area contributed by atoms with Crippen molar-refractivity contribution in [2.45, 2.75) is 132 Å². The van der Waals surface area contributed by atoms with E-state index in [0.29, 0.717) is 107 Å². The number of carbonyl (C=O) groups excluding carboxylic acids is 6. The lowest BCUT2D eigenvalue weighted by Gasteiger charge is -2.36. The molecule has 5 aliphatic rings. The number of allylic oxidation sites excluding steroid dienone is 1. The van der Waals surface area contributed by atoms with Crippen LogP contribution in [0.1, 0.15) is 122 Å². The monoisotopic (exact) mass is 972 g/mol. The summed E-state index contributed by atoms with van der Waals surface area (Å²) in [7, 11) is 0. The number of ketones is 1. The molecule has 1 aromatic carbocycles. The van der Waals surface area contributed by atoms with Crippen LogP contribution in [-0.4, -0.2) is 68.7 Å². The third-order valence-electron chi connectivity index (χ3n) is 14.4. The van der Waals surface area contributed by atoms with E-state index < -0.39 is 5.97 Å². The van der Waals surface area contributed by atoms with Crippen molar-refractivity contribution in [1.29, 1.82) is 5.26 Å². The molecular formula is C52H64N2O12S2. The molecule has 4 saturated carbocycles. The third kappa shape index (κ3) is 14.8. The van der Waals surface area contributed by atoms with Crippen molar-refractivity contribution in [1.82, 2.24) is 0 Å². The molecule has 0 N–H and O–H groups in total. The molecule has 1 aliphatic heterocycles. The number of rotatable bonds is 21. The maximum atomic E-state index is 13.7. The summed E-state index contributed by atoms with van der Waals surface area (Å²) in [5.74, 6) is 0.189. The van der Waals surface area contributed by atoms with Crippen molar-refractivity contribution in [3.8, 4) is 17.6 Å². The minimum atomic E-state index is -0.461. The lowest BCUT2D eigenvalue weighted by Crippen LogP contribution is -2.32. The predicted molar refractivity (Wildman–Crippen MR) is 253 cm³/mol. The van der Waals surface area contributed by atoms with Gasteiger partial charge in [0.2, 0.25) is 0 Å². The lowest BCUT2D eigenvalue weighted by atomic mass is 9.69. The molecule has 0 bridgehead atoms. The number of benzene rings is 1. The first-order chi connectivity index (χ1) is 33.0. The fourth-order valence-electron chi connectivity index (χ4n) is 10.4. The first-order valence-corrected chi connectivity index (χ1v) is 26.0. The Balaban J connectivity index is 0.933. The number of ether oxygens (including phenoxy) is 6. The number of nitrogens with zero attached hydrogens (tertiary/aromatic N) is 2. The molecule has 4 fully saturated rings. The molecule has 366 valence electrons. The topological polar surface area (TPSA) is 186 Å². The van der Waals surface area contributed by atoms with Crippen molar-refractivity contribution >= 4 is 59.2 Å². The summed E-state index contributed by atoms with van der Waals surface area (Å²) in [6.45, 7) is 15.5. The van der Waals surface area contributed by atoms with Gasteiger partial charge in [0.05, 0.1) is 76.8 Å². The van der Waals surface area contributed by atoms with E-state index in [1.54, 1.807) is 12.1 Å². The molecule has 14 nitrogen and oxygen atoms in total. The summed E-state index contributed by atoms with van der Waals surface area (Å²) >= 11 is 2.36. The Morgan fingerprint density at radius 3 is 1.37 bits per heavy atom. The Kier molecular flexibility index (Phi) is 20.6. The number of unbranched alkanes of at least 4 members (excludes halogenated alkanes) is 1. The van der Waals surface area contributed by atoms with Gasteiger partial charge in [-0.25, -0.2) is 14.9 Å². The zero-order valence-electron chi connectivity index (χ0n) is 38.9. The average Bonchev–Trinajstić information content (AvgIpc) is 3.83. The zero-order valence-corrected chi connectivity index (χ0v) is 40.6. The second kappa shape index (κ2) is 26.7. The highest BCUT2D eigenvalue weighted by atomic mass is 32.2. The van der Waals surface area contributed by atoms with E-state index in [4.69, 9.17) is 35.0 Å². The van der Waals surface area contributed by atoms with E-state index in [9.17, 15) is 34.0 Å². The number of hydrogen-bond donors (Lipinski definition) is 0. The van der Waals surface area contributed by atoms with Crippen molar-refractivity contribution < 1.29 is 57.2 Å². The third-order valence-corrected chi connectivity index (χ3v) is 17.0. The van der Waals surface area contributed by atoms with Crippen LogP contribution in [0.2, 0.25) is 0 Å². The van der Waals surface area contributed by atoms with Crippen LogP contribution < -0.4 is 9.47 Å². The number of nitriles is 1. The van der Waals surface area contributed by atoms with Gasteiger partial charge in [-0.15, -0.1) is 0 Å². The van der Waals surface area contributed by atoms with Crippen molar-refractivity contribution in [3.63, 3.8) is 0 Å². The highest BCUT2D eigenvalue weighted by Gasteiger charge is 2.39. The highest BCUT2D eigenvalue weighted by Crippen LogP contribution is 2.59. The maximum Gasteiger partial charge on any atom is 0.330 e. The molecule has 0 amide bonds. The summed E-state index contributed by atoms with van der Waals surface area (Å²) in [4.78, 5) is 79.7. The normalized spacial score (nSPS) is 26.3. The van der Waals surface area contributed by atoms with Gasteiger partial charge in [-0.1, -0.05) is 36.7 Å². The van der Waals surface area contributed by atoms with Crippen LogP contribution >= 0.6 is 23.5 Å². The van der Waals surface area contributed by atoms with Gasteiger partial charge in [0.25, 0.3) is 5.70 Å². The van der Waals surface area contributed by atoms with E-state index >= 15 is 0 Å². The Morgan fingerprint density at radius 2 is 0.985 bits per heavy atom. The Morgan fingerprint density at radius 1 is 0.588 bits per heavy atom. The van der Waals surface area contributed by atoms with E-state index in [2.05, 4.69) is 18.0 Å². The lowest BCUT2D eigenvalue weighted by molar-refractivity contribution is -0.151. The first kappa shape index (κ1) is 52.5. The number of esters is 5. The molecule has 0 spiro atoms. The molecule has 68 heavy (non-hydrogen) atoms. The summed E-state index contributed by atoms with van der Waals surface area (Å²) in [6, 6.07) is 5.24. The van der Waals surface area contributed by atoms with Gasteiger partial charge in [-0.2, -0.15) is 0 Å². The molecule has 16 heteroatoms. The van der Waals surface area contributed by atoms with Crippen molar-refractivity contribution in [3.05, 3.63) is 58.8 Å². The van der Waals surface area contributed by atoms with Gasteiger partial charge >= 0.3 is 29.8 Å².